The Hall–Kier alpha value is -1.43. The van der Waals surface area contributed by atoms with Crippen LogP contribution in [0.1, 0.15) is 11.1 Å². The smallest absolute Gasteiger partial charge is 0.268 e. The fraction of sp³-hybridized carbons (Fsp3) is 0.0588. The molecule has 22 heavy (non-hydrogen) atoms. The van der Waals surface area contributed by atoms with Crippen LogP contribution >= 0.6 is 39.9 Å². The summed E-state index contributed by atoms with van der Waals surface area (Å²) in [4.78, 5) is 14.9. The molecule has 110 valence electrons. The Bertz CT molecular complexity index is 784. The van der Waals surface area contributed by atoms with E-state index in [1.54, 1.807) is 4.90 Å². The molecule has 0 bridgehead atoms. The fourth-order valence-corrected chi connectivity index (χ4v) is 3.85. The third-order valence-electron chi connectivity index (χ3n) is 3.23. The summed E-state index contributed by atoms with van der Waals surface area (Å²) in [5, 5.41) is 0. The fourth-order valence-electron chi connectivity index (χ4n) is 2.13. The Morgan fingerprint density at radius 1 is 1.18 bits per heavy atom. The molecular formula is C17H12BrNOS2. The highest BCUT2D eigenvalue weighted by Gasteiger charge is 2.33. The predicted octanol–water partition coefficient (Wildman–Crippen LogP) is 5.16. The minimum Gasteiger partial charge on any atom is -0.268 e. The summed E-state index contributed by atoms with van der Waals surface area (Å²) >= 11 is 10.1. The number of hydrogen-bond acceptors (Lipinski definition) is 3. The van der Waals surface area contributed by atoms with Crippen LogP contribution in [0.25, 0.3) is 6.08 Å². The zero-order chi connectivity index (χ0) is 15.7. The van der Waals surface area contributed by atoms with Crippen molar-refractivity contribution >= 4 is 61.9 Å². The molecule has 1 fully saturated rings. The third-order valence-corrected chi connectivity index (χ3v) is 5.03. The number of anilines is 1. The van der Waals surface area contributed by atoms with Crippen LogP contribution in [0.4, 0.5) is 5.69 Å². The molecule has 1 aliphatic rings. The first-order valence-electron chi connectivity index (χ1n) is 6.65. The largest absolute Gasteiger partial charge is 0.270 e. The van der Waals surface area contributed by atoms with E-state index in [-0.39, 0.29) is 5.91 Å². The van der Waals surface area contributed by atoms with Crippen molar-refractivity contribution < 1.29 is 4.79 Å². The van der Waals surface area contributed by atoms with E-state index in [0.717, 1.165) is 21.3 Å². The van der Waals surface area contributed by atoms with Gasteiger partial charge in [0, 0.05) is 4.47 Å². The van der Waals surface area contributed by atoms with Crippen molar-refractivity contribution in [1.82, 2.24) is 0 Å². The van der Waals surface area contributed by atoms with Gasteiger partial charge in [-0.2, -0.15) is 0 Å². The Labute approximate surface area is 147 Å². The van der Waals surface area contributed by atoms with Crippen LogP contribution in [0, 0.1) is 6.92 Å². The first-order chi connectivity index (χ1) is 10.5. The van der Waals surface area contributed by atoms with Crippen LogP contribution in [0.2, 0.25) is 0 Å². The molecule has 3 rings (SSSR count). The predicted molar refractivity (Wildman–Crippen MR) is 101 cm³/mol. The van der Waals surface area contributed by atoms with Crippen LogP contribution in [0.5, 0.6) is 0 Å². The number of nitrogens with zero attached hydrogens (tertiary/aromatic N) is 1. The molecule has 1 heterocycles. The molecule has 0 unspecified atom stereocenters. The van der Waals surface area contributed by atoms with E-state index in [9.17, 15) is 4.79 Å². The summed E-state index contributed by atoms with van der Waals surface area (Å²) in [6.07, 6.45) is 1.87. The lowest BCUT2D eigenvalue weighted by Crippen LogP contribution is -2.27. The lowest BCUT2D eigenvalue weighted by atomic mass is 10.2. The number of hydrogen-bond donors (Lipinski definition) is 0. The molecule has 1 aliphatic heterocycles. The molecule has 0 N–H and O–H groups in total. The zero-order valence-corrected chi connectivity index (χ0v) is 15.0. The molecule has 0 aliphatic carbocycles. The van der Waals surface area contributed by atoms with Crippen LogP contribution in [-0.4, -0.2) is 10.2 Å². The van der Waals surface area contributed by atoms with Gasteiger partial charge in [-0.3, -0.25) is 9.69 Å². The van der Waals surface area contributed by atoms with Gasteiger partial charge in [0.1, 0.15) is 0 Å². The molecule has 0 saturated carbocycles. The zero-order valence-electron chi connectivity index (χ0n) is 11.7. The second kappa shape index (κ2) is 6.36. The highest BCUT2D eigenvalue weighted by atomic mass is 79.9. The molecule has 5 heteroatoms. The number of carbonyl (C=O) groups excluding carboxylic acids is 1. The van der Waals surface area contributed by atoms with Crippen molar-refractivity contribution in [2.45, 2.75) is 6.92 Å². The van der Waals surface area contributed by atoms with Crippen molar-refractivity contribution in [3.63, 3.8) is 0 Å². The Morgan fingerprint density at radius 3 is 2.59 bits per heavy atom. The maximum Gasteiger partial charge on any atom is 0.270 e. The van der Waals surface area contributed by atoms with E-state index >= 15 is 0 Å². The lowest BCUT2D eigenvalue weighted by Gasteiger charge is -2.14. The minimum atomic E-state index is -0.0705. The van der Waals surface area contributed by atoms with Gasteiger partial charge in [0.15, 0.2) is 4.32 Å². The number of carbonyl (C=O) groups is 1. The van der Waals surface area contributed by atoms with Gasteiger partial charge in [0.25, 0.3) is 5.91 Å². The average Bonchev–Trinajstić information content (AvgIpc) is 2.75. The third kappa shape index (κ3) is 3.16. The average molecular weight is 390 g/mol. The Morgan fingerprint density at radius 2 is 1.91 bits per heavy atom. The van der Waals surface area contributed by atoms with Crippen LogP contribution in [-0.2, 0) is 4.79 Å². The van der Waals surface area contributed by atoms with Crippen molar-refractivity contribution in [3.05, 3.63) is 69.0 Å². The number of aryl methyl sites for hydroxylation is 1. The minimum absolute atomic E-state index is 0.0705. The highest BCUT2D eigenvalue weighted by Crippen LogP contribution is 2.36. The van der Waals surface area contributed by atoms with Crippen LogP contribution < -0.4 is 4.90 Å². The Balaban J connectivity index is 1.93. The summed E-state index contributed by atoms with van der Waals surface area (Å²) in [6.45, 7) is 2.02. The first-order valence-corrected chi connectivity index (χ1v) is 8.66. The Kier molecular flexibility index (Phi) is 4.47. The molecule has 1 saturated heterocycles. The van der Waals surface area contributed by atoms with E-state index in [2.05, 4.69) is 15.9 Å². The molecule has 2 aromatic rings. The topological polar surface area (TPSA) is 20.3 Å². The second-order valence-corrected chi connectivity index (χ2v) is 7.50. The quantitative estimate of drug-likeness (QED) is 0.522. The second-order valence-electron chi connectivity index (χ2n) is 4.91. The van der Waals surface area contributed by atoms with Gasteiger partial charge >= 0.3 is 0 Å². The highest BCUT2D eigenvalue weighted by molar-refractivity contribution is 9.10. The summed E-state index contributed by atoms with van der Waals surface area (Å²) in [6, 6.07) is 15.6. The lowest BCUT2D eigenvalue weighted by molar-refractivity contribution is -0.113. The molecule has 0 atom stereocenters. The maximum absolute atomic E-state index is 12.6. The summed E-state index contributed by atoms with van der Waals surface area (Å²) in [7, 11) is 0. The maximum atomic E-state index is 12.6. The van der Waals surface area contributed by atoms with E-state index in [1.807, 2.05) is 61.5 Å². The van der Waals surface area contributed by atoms with Gasteiger partial charge in [-0.1, -0.05) is 69.7 Å². The molecular weight excluding hydrogens is 378 g/mol. The van der Waals surface area contributed by atoms with Crippen molar-refractivity contribution in [2.24, 2.45) is 0 Å². The van der Waals surface area contributed by atoms with E-state index in [4.69, 9.17) is 12.2 Å². The van der Waals surface area contributed by atoms with Crippen molar-refractivity contribution in [2.75, 3.05) is 4.90 Å². The van der Waals surface area contributed by atoms with E-state index in [1.165, 1.54) is 11.8 Å². The molecule has 0 radical (unpaired) electrons. The van der Waals surface area contributed by atoms with Gasteiger partial charge in [-0.15, -0.1) is 0 Å². The summed E-state index contributed by atoms with van der Waals surface area (Å²) in [5.74, 6) is -0.0705. The van der Waals surface area contributed by atoms with Gasteiger partial charge in [0.2, 0.25) is 0 Å². The summed E-state index contributed by atoms with van der Waals surface area (Å²) in [5.41, 5.74) is 2.93. The van der Waals surface area contributed by atoms with Crippen LogP contribution in [0.3, 0.4) is 0 Å². The van der Waals surface area contributed by atoms with Gasteiger partial charge in [-0.05, 0) is 42.8 Å². The number of rotatable bonds is 2. The van der Waals surface area contributed by atoms with Gasteiger partial charge in [0.05, 0.1) is 10.6 Å². The number of benzene rings is 2. The first kappa shape index (κ1) is 15.5. The van der Waals surface area contributed by atoms with Crippen molar-refractivity contribution in [1.29, 1.82) is 0 Å². The van der Waals surface area contributed by atoms with Crippen LogP contribution in [0.15, 0.2) is 57.9 Å². The van der Waals surface area contributed by atoms with Gasteiger partial charge < -0.3 is 0 Å². The molecule has 0 aromatic heterocycles. The monoisotopic (exact) mass is 389 g/mol. The molecule has 0 spiro atoms. The van der Waals surface area contributed by atoms with E-state index in [0.29, 0.717) is 9.23 Å². The number of thioether (sulfide) groups is 1. The standard InChI is InChI=1S/C17H12BrNOS2/c1-11-5-7-14(8-6-11)19-16(20)15(22-17(19)21)10-12-3-2-4-13(18)9-12/h2-10H,1H3/b15-10-. The SMILES string of the molecule is Cc1ccc(N2C(=O)/C(=C/c3cccc(Br)c3)SC2=S)cc1. The normalized spacial score (nSPS) is 16.6. The van der Waals surface area contributed by atoms with E-state index < -0.39 is 0 Å². The molecule has 1 amide bonds. The number of amides is 1. The summed E-state index contributed by atoms with van der Waals surface area (Å²) < 4.78 is 1.55. The van der Waals surface area contributed by atoms with Crippen molar-refractivity contribution in [3.8, 4) is 0 Å². The molecule has 2 nitrogen and oxygen atoms in total. The van der Waals surface area contributed by atoms with Gasteiger partial charge in [-0.25, -0.2) is 0 Å². The molecule has 2 aromatic carbocycles. The number of halogens is 1. The number of thiocarbonyl (C=S) groups is 1.